The Morgan fingerprint density at radius 2 is 1.35 bits per heavy atom. The van der Waals surface area contributed by atoms with Crippen LogP contribution in [0.4, 0.5) is 9.59 Å². The molecule has 0 aliphatic heterocycles. The molecule has 0 aliphatic carbocycles. The molecule has 23 heavy (non-hydrogen) atoms. The molecule has 0 aromatic rings. The lowest BCUT2D eigenvalue weighted by Gasteiger charge is -2.30. The van der Waals surface area contributed by atoms with Gasteiger partial charge in [-0.15, -0.1) is 0 Å². The summed E-state index contributed by atoms with van der Waals surface area (Å²) < 4.78 is 10.5. The van der Waals surface area contributed by atoms with Crippen LogP contribution in [-0.4, -0.2) is 34.9 Å². The van der Waals surface area contributed by atoms with E-state index in [0.29, 0.717) is 0 Å². The maximum atomic E-state index is 12.0. The fourth-order valence-electron chi connectivity index (χ4n) is 1.89. The van der Waals surface area contributed by atoms with Crippen LogP contribution < -0.4 is 10.6 Å². The SMILES string of the molecule is CCC(CCBr)C(NC(=O)OC(C)(C)C)NC(=O)OC(C)(C)C. The minimum absolute atomic E-state index is 0.0643. The molecule has 0 aromatic heterocycles. The average Bonchev–Trinajstić information content (AvgIpc) is 2.30. The second-order valence-electron chi connectivity index (χ2n) is 7.42. The van der Waals surface area contributed by atoms with Gasteiger partial charge in [0, 0.05) is 5.33 Å². The lowest BCUT2D eigenvalue weighted by Crippen LogP contribution is -2.54. The van der Waals surface area contributed by atoms with E-state index >= 15 is 0 Å². The molecule has 0 spiro atoms. The molecule has 0 rings (SSSR count). The molecular formula is C16H31BrN2O4. The van der Waals surface area contributed by atoms with E-state index in [0.717, 1.165) is 18.2 Å². The number of alkyl halides is 1. The van der Waals surface area contributed by atoms with Crippen LogP contribution in [0.5, 0.6) is 0 Å². The maximum Gasteiger partial charge on any atom is 0.409 e. The van der Waals surface area contributed by atoms with Gasteiger partial charge in [0.05, 0.1) is 0 Å². The zero-order chi connectivity index (χ0) is 18.3. The molecule has 136 valence electrons. The molecule has 0 bridgehead atoms. The third kappa shape index (κ3) is 11.2. The molecule has 2 N–H and O–H groups in total. The molecular weight excluding hydrogens is 364 g/mol. The Balaban J connectivity index is 4.94. The smallest absolute Gasteiger partial charge is 0.409 e. The second kappa shape index (κ2) is 9.35. The highest BCUT2D eigenvalue weighted by atomic mass is 79.9. The fraction of sp³-hybridized carbons (Fsp3) is 0.875. The van der Waals surface area contributed by atoms with Crippen LogP contribution >= 0.6 is 15.9 Å². The molecule has 0 fully saturated rings. The molecule has 1 atom stereocenters. The standard InChI is InChI=1S/C16H31BrN2O4/c1-8-11(9-10-17)12(18-13(20)22-15(2,3)4)19-14(21)23-16(5,6)7/h11-12H,8-10H2,1-7H3,(H,18,20)(H,19,21). The summed E-state index contributed by atoms with van der Waals surface area (Å²) >= 11 is 3.40. The molecule has 0 aliphatic rings. The number of carbonyl (C=O) groups excluding carboxylic acids is 2. The summed E-state index contributed by atoms with van der Waals surface area (Å²) in [5.41, 5.74) is -1.20. The van der Waals surface area contributed by atoms with Crippen molar-refractivity contribution in [2.45, 2.75) is 78.7 Å². The number of hydrogen-bond acceptors (Lipinski definition) is 4. The van der Waals surface area contributed by atoms with Crippen molar-refractivity contribution in [1.29, 1.82) is 0 Å². The van der Waals surface area contributed by atoms with Gasteiger partial charge in [-0.2, -0.15) is 0 Å². The Labute approximate surface area is 148 Å². The third-order valence-electron chi connectivity index (χ3n) is 2.82. The highest BCUT2D eigenvalue weighted by Gasteiger charge is 2.27. The van der Waals surface area contributed by atoms with E-state index in [1.165, 1.54) is 0 Å². The van der Waals surface area contributed by atoms with Crippen molar-refractivity contribution < 1.29 is 19.1 Å². The van der Waals surface area contributed by atoms with Crippen molar-refractivity contribution >= 4 is 28.1 Å². The van der Waals surface area contributed by atoms with Gasteiger partial charge in [-0.25, -0.2) is 9.59 Å². The van der Waals surface area contributed by atoms with Crippen molar-refractivity contribution in [1.82, 2.24) is 10.6 Å². The summed E-state index contributed by atoms with van der Waals surface area (Å²) in [6.07, 6.45) is -0.0883. The first-order valence-electron chi connectivity index (χ1n) is 7.93. The summed E-state index contributed by atoms with van der Waals surface area (Å²) in [4.78, 5) is 24.0. The molecule has 2 amide bonds. The number of hydrogen-bond donors (Lipinski definition) is 2. The van der Waals surface area contributed by atoms with E-state index in [2.05, 4.69) is 26.6 Å². The first-order valence-corrected chi connectivity index (χ1v) is 9.05. The van der Waals surface area contributed by atoms with E-state index in [1.54, 1.807) is 41.5 Å². The van der Waals surface area contributed by atoms with Crippen LogP contribution in [0.25, 0.3) is 0 Å². The normalized spacial score (nSPS) is 13.4. The van der Waals surface area contributed by atoms with Gasteiger partial charge in [-0.3, -0.25) is 0 Å². The summed E-state index contributed by atoms with van der Waals surface area (Å²) in [7, 11) is 0. The van der Waals surface area contributed by atoms with Crippen LogP contribution in [0.1, 0.15) is 61.3 Å². The molecule has 0 heterocycles. The predicted octanol–water partition coefficient (Wildman–Crippen LogP) is 4.17. The minimum atomic E-state index is -0.600. The third-order valence-corrected chi connectivity index (χ3v) is 3.28. The molecule has 0 saturated carbocycles. The Bertz CT molecular complexity index is 359. The van der Waals surface area contributed by atoms with Crippen molar-refractivity contribution in [2.75, 3.05) is 5.33 Å². The number of rotatable bonds is 6. The lowest BCUT2D eigenvalue weighted by molar-refractivity contribution is 0.0385. The van der Waals surface area contributed by atoms with Crippen LogP contribution in [0.2, 0.25) is 0 Å². The van der Waals surface area contributed by atoms with Gasteiger partial charge in [0.2, 0.25) is 0 Å². The first-order chi connectivity index (χ1) is 10.4. The summed E-state index contributed by atoms with van der Waals surface area (Å²) in [6.45, 7) is 12.7. The number of ether oxygens (including phenoxy) is 2. The second-order valence-corrected chi connectivity index (χ2v) is 8.21. The van der Waals surface area contributed by atoms with Crippen LogP contribution in [0.15, 0.2) is 0 Å². The van der Waals surface area contributed by atoms with E-state index < -0.39 is 29.6 Å². The molecule has 0 saturated heterocycles. The van der Waals surface area contributed by atoms with Crippen molar-refractivity contribution in [2.24, 2.45) is 5.92 Å². The summed E-state index contributed by atoms with van der Waals surface area (Å²) in [5.74, 6) is 0.0643. The van der Waals surface area contributed by atoms with E-state index in [1.807, 2.05) is 6.92 Å². The molecule has 0 radical (unpaired) electrons. The van der Waals surface area contributed by atoms with Gasteiger partial charge < -0.3 is 20.1 Å². The zero-order valence-corrected chi connectivity index (χ0v) is 16.9. The maximum absolute atomic E-state index is 12.0. The summed E-state index contributed by atoms with van der Waals surface area (Å²) in [5, 5.41) is 6.24. The van der Waals surface area contributed by atoms with Gasteiger partial charge in [-0.05, 0) is 60.3 Å². The predicted molar refractivity (Wildman–Crippen MR) is 94.7 cm³/mol. The number of halogens is 1. The van der Waals surface area contributed by atoms with Crippen molar-refractivity contribution in [3.63, 3.8) is 0 Å². The molecule has 6 nitrogen and oxygen atoms in total. The number of alkyl carbamates (subject to hydrolysis) is 2. The largest absolute Gasteiger partial charge is 0.444 e. The van der Waals surface area contributed by atoms with Crippen LogP contribution in [0.3, 0.4) is 0 Å². The molecule has 7 heteroatoms. The molecule has 0 aromatic carbocycles. The van der Waals surface area contributed by atoms with Gasteiger partial charge in [0.1, 0.15) is 17.4 Å². The van der Waals surface area contributed by atoms with Crippen molar-refractivity contribution in [3.05, 3.63) is 0 Å². The topological polar surface area (TPSA) is 76.7 Å². The Hall–Kier alpha value is -0.980. The van der Waals surface area contributed by atoms with E-state index in [4.69, 9.17) is 9.47 Å². The average molecular weight is 395 g/mol. The fourth-order valence-corrected chi connectivity index (χ4v) is 2.48. The Morgan fingerprint density at radius 1 is 0.957 bits per heavy atom. The van der Waals surface area contributed by atoms with Crippen molar-refractivity contribution in [3.8, 4) is 0 Å². The molecule has 1 unspecified atom stereocenters. The highest BCUT2D eigenvalue weighted by molar-refractivity contribution is 9.09. The monoisotopic (exact) mass is 394 g/mol. The number of nitrogens with one attached hydrogen (secondary N) is 2. The first kappa shape index (κ1) is 22.0. The zero-order valence-electron chi connectivity index (χ0n) is 15.3. The van der Waals surface area contributed by atoms with E-state index in [9.17, 15) is 9.59 Å². The van der Waals surface area contributed by atoms with Gasteiger partial charge in [0.25, 0.3) is 0 Å². The van der Waals surface area contributed by atoms with Crippen LogP contribution in [-0.2, 0) is 9.47 Å². The highest BCUT2D eigenvalue weighted by Crippen LogP contribution is 2.16. The Morgan fingerprint density at radius 3 is 1.61 bits per heavy atom. The minimum Gasteiger partial charge on any atom is -0.444 e. The summed E-state index contributed by atoms with van der Waals surface area (Å²) in [6, 6.07) is 0. The quantitative estimate of drug-likeness (QED) is 0.523. The van der Waals surface area contributed by atoms with Gasteiger partial charge in [-0.1, -0.05) is 22.9 Å². The lowest BCUT2D eigenvalue weighted by atomic mass is 10.00. The number of carbonyl (C=O) groups is 2. The Kier molecular flexibility index (Phi) is 8.95. The number of amides is 2. The van der Waals surface area contributed by atoms with Gasteiger partial charge in [0.15, 0.2) is 0 Å². The van der Waals surface area contributed by atoms with E-state index in [-0.39, 0.29) is 5.92 Å². The van der Waals surface area contributed by atoms with Crippen LogP contribution in [0, 0.1) is 5.92 Å². The van der Waals surface area contributed by atoms with Gasteiger partial charge >= 0.3 is 12.2 Å².